The quantitative estimate of drug-likeness (QED) is 0.308. The number of aromatic carboxylic acids is 1. The van der Waals surface area contributed by atoms with Gasteiger partial charge in [0.1, 0.15) is 6.10 Å². The SMILES string of the molecule is Cc1ccc(N2CC(CCN[C@H](C)c3cccc4ccccc34)Oc3c(F)cccc32)cc1C(=O)O. The van der Waals surface area contributed by atoms with Gasteiger partial charge in [0.05, 0.1) is 17.8 Å². The van der Waals surface area contributed by atoms with E-state index in [4.69, 9.17) is 4.74 Å². The molecule has 4 aromatic carbocycles. The summed E-state index contributed by atoms with van der Waals surface area (Å²) in [6, 6.07) is 24.9. The summed E-state index contributed by atoms with van der Waals surface area (Å²) >= 11 is 0. The van der Waals surface area contributed by atoms with Gasteiger partial charge in [0.25, 0.3) is 0 Å². The minimum absolute atomic E-state index is 0.134. The summed E-state index contributed by atoms with van der Waals surface area (Å²) < 4.78 is 20.9. The molecule has 1 unspecified atom stereocenters. The minimum Gasteiger partial charge on any atom is -0.483 e. The Morgan fingerprint density at radius 3 is 2.72 bits per heavy atom. The van der Waals surface area contributed by atoms with Crippen LogP contribution in [0.1, 0.15) is 40.9 Å². The molecule has 36 heavy (non-hydrogen) atoms. The molecule has 6 heteroatoms. The van der Waals surface area contributed by atoms with E-state index in [9.17, 15) is 14.3 Å². The Balaban J connectivity index is 1.34. The van der Waals surface area contributed by atoms with Crippen molar-refractivity contribution in [2.24, 2.45) is 0 Å². The predicted octanol–water partition coefficient (Wildman–Crippen LogP) is 6.63. The number of carboxylic acid groups (broad SMARTS) is 1. The zero-order chi connectivity index (χ0) is 25.2. The van der Waals surface area contributed by atoms with Gasteiger partial charge in [-0.1, -0.05) is 54.6 Å². The van der Waals surface area contributed by atoms with Crippen LogP contribution in [0.4, 0.5) is 15.8 Å². The van der Waals surface area contributed by atoms with E-state index in [-0.39, 0.29) is 23.5 Å². The summed E-state index contributed by atoms with van der Waals surface area (Å²) in [6.45, 7) is 5.08. The third kappa shape index (κ3) is 4.64. The molecule has 184 valence electrons. The third-order valence-electron chi connectivity index (χ3n) is 6.88. The highest BCUT2D eigenvalue weighted by Gasteiger charge is 2.29. The molecular formula is C30H29FN2O3. The molecule has 0 bridgehead atoms. The second-order valence-corrected chi connectivity index (χ2v) is 9.28. The fourth-order valence-electron chi connectivity index (χ4n) is 4.93. The predicted molar refractivity (Wildman–Crippen MR) is 141 cm³/mol. The number of benzene rings is 4. The maximum Gasteiger partial charge on any atom is 0.336 e. The van der Waals surface area contributed by atoms with Gasteiger partial charge < -0.3 is 20.1 Å². The highest BCUT2D eigenvalue weighted by molar-refractivity contribution is 5.91. The second kappa shape index (κ2) is 9.99. The summed E-state index contributed by atoms with van der Waals surface area (Å²) in [6.07, 6.45) is 0.396. The van der Waals surface area contributed by atoms with Crippen molar-refractivity contribution in [2.75, 3.05) is 18.0 Å². The van der Waals surface area contributed by atoms with Crippen LogP contribution in [0.5, 0.6) is 5.75 Å². The lowest BCUT2D eigenvalue weighted by Crippen LogP contribution is -2.39. The highest BCUT2D eigenvalue weighted by atomic mass is 19.1. The van der Waals surface area contributed by atoms with Gasteiger partial charge in [-0.2, -0.15) is 0 Å². The molecule has 0 fully saturated rings. The first-order chi connectivity index (χ1) is 17.4. The molecule has 0 saturated carbocycles. The van der Waals surface area contributed by atoms with Crippen LogP contribution in [0.3, 0.4) is 0 Å². The van der Waals surface area contributed by atoms with E-state index < -0.39 is 11.8 Å². The van der Waals surface area contributed by atoms with Gasteiger partial charge in [-0.3, -0.25) is 0 Å². The van der Waals surface area contributed by atoms with E-state index in [1.807, 2.05) is 17.0 Å². The van der Waals surface area contributed by atoms with Gasteiger partial charge in [0.2, 0.25) is 0 Å². The largest absolute Gasteiger partial charge is 0.483 e. The zero-order valence-corrected chi connectivity index (χ0v) is 20.4. The average Bonchev–Trinajstić information content (AvgIpc) is 2.88. The molecule has 5 rings (SSSR count). The number of hydrogen-bond acceptors (Lipinski definition) is 4. The topological polar surface area (TPSA) is 61.8 Å². The Morgan fingerprint density at radius 1 is 1.11 bits per heavy atom. The number of ether oxygens (including phenoxy) is 1. The van der Waals surface area contributed by atoms with Crippen LogP contribution in [0, 0.1) is 12.7 Å². The number of carboxylic acids is 1. The van der Waals surface area contributed by atoms with E-state index in [1.165, 1.54) is 22.4 Å². The summed E-state index contributed by atoms with van der Waals surface area (Å²) in [5.41, 5.74) is 3.46. The van der Waals surface area contributed by atoms with E-state index in [1.54, 1.807) is 31.2 Å². The first kappa shape index (κ1) is 23.8. The Hall–Kier alpha value is -3.90. The Kier molecular flexibility index (Phi) is 6.61. The van der Waals surface area contributed by atoms with Gasteiger partial charge >= 0.3 is 5.97 Å². The molecule has 5 nitrogen and oxygen atoms in total. The normalized spacial score (nSPS) is 15.9. The van der Waals surface area contributed by atoms with Crippen LogP contribution in [-0.4, -0.2) is 30.3 Å². The van der Waals surface area contributed by atoms with Gasteiger partial charge in [-0.25, -0.2) is 9.18 Å². The van der Waals surface area contributed by atoms with Crippen LogP contribution in [-0.2, 0) is 0 Å². The molecule has 0 saturated heterocycles. The highest BCUT2D eigenvalue weighted by Crippen LogP contribution is 2.40. The van der Waals surface area contributed by atoms with Crippen LogP contribution in [0.2, 0.25) is 0 Å². The van der Waals surface area contributed by atoms with Crippen molar-refractivity contribution in [3.05, 3.63) is 101 Å². The fourth-order valence-corrected chi connectivity index (χ4v) is 4.93. The van der Waals surface area contributed by atoms with Gasteiger partial charge in [0, 0.05) is 11.7 Å². The van der Waals surface area contributed by atoms with Crippen molar-refractivity contribution in [3.63, 3.8) is 0 Å². The Bertz CT molecular complexity index is 1420. The van der Waals surface area contributed by atoms with Crippen LogP contribution >= 0.6 is 0 Å². The van der Waals surface area contributed by atoms with Crippen LogP contribution in [0.25, 0.3) is 10.8 Å². The smallest absolute Gasteiger partial charge is 0.336 e. The summed E-state index contributed by atoms with van der Waals surface area (Å²) in [4.78, 5) is 13.7. The molecule has 0 spiro atoms. The van der Waals surface area contributed by atoms with E-state index in [0.29, 0.717) is 36.4 Å². The molecule has 1 aliphatic heterocycles. The van der Waals surface area contributed by atoms with Crippen molar-refractivity contribution < 1.29 is 19.0 Å². The van der Waals surface area contributed by atoms with E-state index in [0.717, 1.165) is 0 Å². The van der Waals surface area contributed by atoms with Crippen LogP contribution in [0.15, 0.2) is 78.9 Å². The Labute approximate surface area is 210 Å². The fraction of sp³-hybridized carbons (Fsp3) is 0.233. The lowest BCUT2D eigenvalue weighted by Gasteiger charge is -2.37. The van der Waals surface area contributed by atoms with Crippen molar-refractivity contribution in [3.8, 4) is 5.75 Å². The number of para-hydroxylation sites is 1. The number of fused-ring (bicyclic) bond motifs is 2. The number of halogens is 1. The molecular weight excluding hydrogens is 455 g/mol. The standard InChI is InChI=1S/C30H29FN2O3/c1-19-13-14-22(17-26(19)30(34)35)33-18-23(36-29-27(31)11-6-12-28(29)33)15-16-32-20(2)24-10-5-8-21-7-3-4-9-25(21)24/h3-14,17,20,23,32H,15-16,18H2,1-2H3,(H,34,35)/t20-,23?/m1/s1. The summed E-state index contributed by atoms with van der Waals surface area (Å²) in [5.74, 6) is -1.21. The lowest BCUT2D eigenvalue weighted by molar-refractivity contribution is 0.0696. The summed E-state index contributed by atoms with van der Waals surface area (Å²) in [7, 11) is 0. The first-order valence-electron chi connectivity index (χ1n) is 12.2. The Morgan fingerprint density at radius 2 is 1.89 bits per heavy atom. The number of carbonyl (C=O) groups is 1. The molecule has 0 aliphatic carbocycles. The van der Waals surface area contributed by atoms with Gasteiger partial charge in [-0.05, 0) is 73.0 Å². The van der Waals surface area contributed by atoms with Crippen molar-refractivity contribution in [2.45, 2.75) is 32.4 Å². The van der Waals surface area contributed by atoms with Crippen molar-refractivity contribution >= 4 is 28.1 Å². The van der Waals surface area contributed by atoms with Gasteiger partial charge in [-0.15, -0.1) is 0 Å². The van der Waals surface area contributed by atoms with Crippen molar-refractivity contribution in [1.82, 2.24) is 5.32 Å². The zero-order valence-electron chi connectivity index (χ0n) is 20.4. The molecule has 1 aliphatic rings. The lowest BCUT2D eigenvalue weighted by atomic mass is 9.99. The second-order valence-electron chi connectivity index (χ2n) is 9.28. The minimum atomic E-state index is -0.981. The number of hydrogen-bond donors (Lipinski definition) is 2. The molecule has 0 radical (unpaired) electrons. The first-order valence-corrected chi connectivity index (χ1v) is 12.2. The monoisotopic (exact) mass is 484 g/mol. The molecule has 4 aromatic rings. The summed E-state index contributed by atoms with van der Waals surface area (Å²) in [5, 5.41) is 15.6. The molecule has 2 N–H and O–H groups in total. The molecule has 2 atom stereocenters. The van der Waals surface area contributed by atoms with E-state index in [2.05, 4.69) is 48.6 Å². The maximum atomic E-state index is 14.8. The number of aryl methyl sites for hydroxylation is 1. The molecule has 0 aromatic heterocycles. The van der Waals surface area contributed by atoms with Crippen LogP contribution < -0.4 is 15.0 Å². The third-order valence-corrected chi connectivity index (χ3v) is 6.88. The number of nitrogens with one attached hydrogen (secondary N) is 1. The van der Waals surface area contributed by atoms with E-state index >= 15 is 0 Å². The van der Waals surface area contributed by atoms with Gasteiger partial charge in [0.15, 0.2) is 11.6 Å². The number of rotatable bonds is 7. The molecule has 0 amide bonds. The number of anilines is 2. The average molecular weight is 485 g/mol. The number of nitrogens with zero attached hydrogens (tertiary/aromatic N) is 1. The van der Waals surface area contributed by atoms with Crippen molar-refractivity contribution in [1.29, 1.82) is 0 Å². The maximum absolute atomic E-state index is 14.8. The molecule has 1 heterocycles.